The number of nitrogens with zero attached hydrogens (tertiary/aromatic N) is 4. The summed E-state index contributed by atoms with van der Waals surface area (Å²) in [7, 11) is 2.96. The van der Waals surface area contributed by atoms with Crippen LogP contribution >= 0.6 is 27.3 Å². The van der Waals surface area contributed by atoms with Crippen molar-refractivity contribution in [1.29, 1.82) is 0 Å². The number of halogens is 1. The minimum Gasteiger partial charge on any atom is -0.497 e. The van der Waals surface area contributed by atoms with Crippen molar-refractivity contribution >= 4 is 60.6 Å². The molecule has 2 aromatic heterocycles. The van der Waals surface area contributed by atoms with E-state index in [1.54, 1.807) is 18.2 Å². The number of carbonyl (C=O) groups is 1. The van der Waals surface area contributed by atoms with Gasteiger partial charge >= 0.3 is 5.88 Å². The van der Waals surface area contributed by atoms with E-state index in [0.717, 1.165) is 14.2 Å². The Morgan fingerprint density at radius 3 is 2.55 bits per heavy atom. The fourth-order valence-corrected chi connectivity index (χ4v) is 4.32. The van der Waals surface area contributed by atoms with Crippen molar-refractivity contribution in [2.45, 2.75) is 0 Å². The summed E-state index contributed by atoms with van der Waals surface area (Å²) in [4.78, 5) is 28.2. The fraction of sp³-hybridized carbons (Fsp3) is 0.0952. The third-order valence-electron chi connectivity index (χ3n) is 4.40. The summed E-state index contributed by atoms with van der Waals surface area (Å²) < 4.78 is 17.3. The molecule has 1 amide bonds. The number of carbonyl (C=O) groups excluding carboxylic acids is 1. The molecule has 0 aliphatic rings. The van der Waals surface area contributed by atoms with Crippen LogP contribution in [-0.4, -0.2) is 36.2 Å². The molecule has 0 N–H and O–H groups in total. The van der Waals surface area contributed by atoms with E-state index in [1.807, 2.05) is 18.2 Å². The van der Waals surface area contributed by atoms with Gasteiger partial charge in [0.25, 0.3) is 5.91 Å². The first-order chi connectivity index (χ1) is 15.9. The number of thiazole rings is 1. The molecule has 0 saturated carbocycles. The van der Waals surface area contributed by atoms with Gasteiger partial charge in [-0.2, -0.15) is 10.1 Å². The lowest BCUT2D eigenvalue weighted by atomic mass is 10.2. The van der Waals surface area contributed by atoms with Crippen molar-refractivity contribution in [3.05, 3.63) is 74.4 Å². The van der Waals surface area contributed by atoms with Crippen LogP contribution in [0, 0.1) is 10.1 Å². The first-order valence-electron chi connectivity index (χ1n) is 9.30. The predicted molar refractivity (Wildman–Crippen MR) is 127 cm³/mol. The van der Waals surface area contributed by atoms with Crippen LogP contribution < -0.4 is 14.5 Å². The number of anilines is 1. The maximum atomic E-state index is 13.5. The van der Waals surface area contributed by atoms with Crippen LogP contribution in [0.2, 0.25) is 0 Å². The van der Waals surface area contributed by atoms with E-state index in [2.05, 4.69) is 26.0 Å². The summed E-state index contributed by atoms with van der Waals surface area (Å²) in [5.41, 5.74) is 0.928. The zero-order chi connectivity index (χ0) is 23.5. The van der Waals surface area contributed by atoms with Crippen molar-refractivity contribution < 1.29 is 23.6 Å². The third kappa shape index (κ3) is 4.86. The fourth-order valence-electron chi connectivity index (χ4n) is 2.84. The molecule has 168 valence electrons. The van der Waals surface area contributed by atoms with E-state index in [4.69, 9.17) is 13.9 Å². The molecule has 0 aliphatic heterocycles. The Labute approximate surface area is 199 Å². The summed E-state index contributed by atoms with van der Waals surface area (Å²) in [5.74, 6) is 0.0129. The minimum atomic E-state index is -0.659. The second-order valence-corrected chi connectivity index (χ2v) is 8.43. The van der Waals surface area contributed by atoms with E-state index in [0.29, 0.717) is 22.1 Å². The normalized spacial score (nSPS) is 11.1. The monoisotopic (exact) mass is 530 g/mol. The number of rotatable bonds is 7. The predicted octanol–water partition coefficient (Wildman–Crippen LogP) is 5.26. The molecule has 4 aromatic rings. The topological polar surface area (TPSA) is 120 Å². The maximum Gasteiger partial charge on any atom is 0.433 e. The SMILES string of the molecule is COc1cc(OC)cc(C(=O)N(/N=C/c2ccc([N+](=O)[O-])o2)c2nc3ccc(Br)cc3s2)c1. The quantitative estimate of drug-likeness (QED) is 0.181. The molecule has 2 aromatic carbocycles. The molecule has 0 unspecified atom stereocenters. The van der Waals surface area contributed by atoms with Crippen molar-refractivity contribution in [3.63, 3.8) is 0 Å². The number of amides is 1. The van der Waals surface area contributed by atoms with E-state index in [-0.39, 0.29) is 11.3 Å². The Morgan fingerprint density at radius 2 is 1.91 bits per heavy atom. The van der Waals surface area contributed by atoms with Crippen LogP contribution in [0.15, 0.2) is 62.5 Å². The molecular weight excluding hydrogens is 516 g/mol. The summed E-state index contributed by atoms with van der Waals surface area (Å²) in [6.07, 6.45) is 1.21. The molecule has 0 saturated heterocycles. The Bertz CT molecular complexity index is 1360. The summed E-state index contributed by atoms with van der Waals surface area (Å²) >= 11 is 4.68. The smallest absolute Gasteiger partial charge is 0.433 e. The third-order valence-corrected chi connectivity index (χ3v) is 5.89. The lowest BCUT2D eigenvalue weighted by Crippen LogP contribution is -2.25. The second-order valence-electron chi connectivity index (χ2n) is 6.50. The number of aromatic nitrogens is 1. The van der Waals surface area contributed by atoms with Gasteiger partial charge in [0.1, 0.15) is 16.4 Å². The molecule has 10 nitrogen and oxygen atoms in total. The van der Waals surface area contributed by atoms with Gasteiger partial charge in [0.05, 0.1) is 36.7 Å². The lowest BCUT2D eigenvalue weighted by molar-refractivity contribution is -0.402. The molecule has 0 bridgehead atoms. The number of benzene rings is 2. The highest BCUT2D eigenvalue weighted by Gasteiger charge is 2.23. The highest BCUT2D eigenvalue weighted by atomic mass is 79.9. The molecule has 2 heterocycles. The first kappa shape index (κ1) is 22.4. The molecule has 33 heavy (non-hydrogen) atoms. The average Bonchev–Trinajstić information content (AvgIpc) is 3.45. The molecule has 12 heteroatoms. The minimum absolute atomic E-state index is 0.103. The molecule has 0 aliphatic carbocycles. The van der Waals surface area contributed by atoms with Gasteiger partial charge in [-0.1, -0.05) is 27.3 Å². The van der Waals surface area contributed by atoms with Crippen LogP contribution in [0.3, 0.4) is 0 Å². The van der Waals surface area contributed by atoms with Crippen LogP contribution in [0.1, 0.15) is 16.1 Å². The van der Waals surface area contributed by atoms with Gasteiger partial charge in [0.15, 0.2) is 5.76 Å². The van der Waals surface area contributed by atoms with Crippen molar-refractivity contribution in [3.8, 4) is 11.5 Å². The summed E-state index contributed by atoms with van der Waals surface area (Å²) in [6, 6.07) is 12.9. The van der Waals surface area contributed by atoms with Crippen molar-refractivity contribution in [2.24, 2.45) is 5.10 Å². The Kier molecular flexibility index (Phi) is 6.38. The molecule has 0 atom stereocenters. The molecule has 0 spiro atoms. The largest absolute Gasteiger partial charge is 0.497 e. The van der Waals surface area contributed by atoms with Crippen LogP contribution in [0.4, 0.5) is 11.0 Å². The van der Waals surface area contributed by atoms with E-state index >= 15 is 0 Å². The van der Waals surface area contributed by atoms with Crippen LogP contribution in [0.5, 0.6) is 11.5 Å². The number of hydrogen-bond donors (Lipinski definition) is 0. The molecule has 0 radical (unpaired) electrons. The Hall–Kier alpha value is -3.77. The number of furan rings is 1. The van der Waals surface area contributed by atoms with E-state index in [9.17, 15) is 14.9 Å². The van der Waals surface area contributed by atoms with Gasteiger partial charge in [-0.25, -0.2) is 4.98 Å². The van der Waals surface area contributed by atoms with Gasteiger partial charge in [-0.3, -0.25) is 14.9 Å². The highest BCUT2D eigenvalue weighted by Crippen LogP contribution is 2.33. The lowest BCUT2D eigenvalue weighted by Gasteiger charge is -2.15. The van der Waals surface area contributed by atoms with Crippen molar-refractivity contribution in [2.75, 3.05) is 19.2 Å². The standard InChI is InChI=1S/C21H15BrN4O6S/c1-30-15-7-12(8-16(10-15)31-2)20(27)25(23-11-14-4-6-19(32-14)26(28)29)21-24-17-5-3-13(22)9-18(17)33-21/h3-11H,1-2H3/b23-11+. The van der Waals surface area contributed by atoms with Gasteiger partial charge in [0, 0.05) is 16.1 Å². The van der Waals surface area contributed by atoms with E-state index < -0.39 is 16.7 Å². The van der Waals surface area contributed by atoms with Gasteiger partial charge in [0.2, 0.25) is 5.13 Å². The number of methoxy groups -OCH3 is 2. The average molecular weight is 531 g/mol. The van der Waals surface area contributed by atoms with E-state index in [1.165, 1.54) is 43.9 Å². The van der Waals surface area contributed by atoms with Gasteiger partial charge in [-0.15, -0.1) is 0 Å². The summed E-state index contributed by atoms with van der Waals surface area (Å²) in [6.45, 7) is 0. The van der Waals surface area contributed by atoms with Crippen molar-refractivity contribution in [1.82, 2.24) is 4.98 Å². The zero-order valence-electron chi connectivity index (χ0n) is 17.2. The summed E-state index contributed by atoms with van der Waals surface area (Å²) in [5, 5.41) is 16.5. The number of nitro groups is 1. The van der Waals surface area contributed by atoms with Gasteiger partial charge in [-0.05, 0) is 36.4 Å². The van der Waals surface area contributed by atoms with Crippen LogP contribution in [0.25, 0.3) is 10.2 Å². The Morgan fingerprint density at radius 1 is 1.18 bits per heavy atom. The second kappa shape index (κ2) is 9.38. The van der Waals surface area contributed by atoms with Crippen LogP contribution in [-0.2, 0) is 0 Å². The Balaban J connectivity index is 1.78. The molecule has 4 rings (SSSR count). The zero-order valence-corrected chi connectivity index (χ0v) is 19.6. The maximum absolute atomic E-state index is 13.5. The molecule has 0 fully saturated rings. The highest BCUT2D eigenvalue weighted by molar-refractivity contribution is 9.10. The molecular formula is C21H15BrN4O6S. The van der Waals surface area contributed by atoms with Gasteiger partial charge < -0.3 is 13.9 Å². The number of hydrazone groups is 1. The number of hydrogen-bond acceptors (Lipinski definition) is 9. The number of ether oxygens (including phenoxy) is 2. The number of fused-ring (bicyclic) bond motifs is 1. The first-order valence-corrected chi connectivity index (χ1v) is 10.9.